The van der Waals surface area contributed by atoms with E-state index < -0.39 is 26.1 Å². The van der Waals surface area contributed by atoms with Crippen molar-refractivity contribution in [1.82, 2.24) is 3.71 Å². The molecule has 2 aromatic carbocycles. The minimum Gasteiger partial charge on any atom is -0.261 e. The molecule has 0 aromatic heterocycles. The average molecular weight is 368 g/mol. The first-order valence-electron chi connectivity index (χ1n) is 6.77. The first-order valence-corrected chi connectivity index (χ1v) is 10.5. The highest BCUT2D eigenvalue weighted by atomic mass is 32.3. The Morgan fingerprint density at radius 2 is 1.04 bits per heavy atom. The second-order valence-electron chi connectivity index (χ2n) is 5.01. The van der Waals surface area contributed by atoms with E-state index in [2.05, 4.69) is 0 Å². The molecule has 128 valence electrons. The van der Waals surface area contributed by atoms with E-state index in [0.717, 1.165) is 4.90 Å². The molecular formula is C15H16N2O5S2. The normalized spacial score (nSPS) is 11.8. The smallest absolute Gasteiger partial charge is 0.261 e. The first kappa shape index (κ1) is 18.0. The van der Waals surface area contributed by atoms with Gasteiger partial charge in [-0.3, -0.25) is 4.90 Å². The van der Waals surface area contributed by atoms with Gasteiger partial charge in [0.05, 0.1) is 23.9 Å². The number of sulfonamides is 2. The number of carbonyl (C=O) groups excluding carboxylic acids is 1. The third-order valence-electron chi connectivity index (χ3n) is 2.98. The van der Waals surface area contributed by atoms with Crippen LogP contribution in [0.2, 0.25) is 0 Å². The molecule has 0 unspecified atom stereocenters. The summed E-state index contributed by atoms with van der Waals surface area (Å²) in [5.74, 6) is 0. The van der Waals surface area contributed by atoms with E-state index in [1.54, 1.807) is 60.7 Å². The molecule has 2 amide bonds. The van der Waals surface area contributed by atoms with Crippen LogP contribution in [0.3, 0.4) is 0 Å². The van der Waals surface area contributed by atoms with E-state index >= 15 is 0 Å². The Balaban J connectivity index is 2.66. The molecule has 2 rings (SSSR count). The fourth-order valence-electron chi connectivity index (χ4n) is 2.14. The van der Waals surface area contributed by atoms with Gasteiger partial charge in [-0.15, -0.1) is 3.71 Å². The van der Waals surface area contributed by atoms with Gasteiger partial charge in [-0.05, 0) is 24.3 Å². The molecule has 0 aliphatic carbocycles. The molecule has 0 bridgehead atoms. The van der Waals surface area contributed by atoms with Crippen molar-refractivity contribution in [1.29, 1.82) is 0 Å². The zero-order valence-electron chi connectivity index (χ0n) is 13.0. The lowest BCUT2D eigenvalue weighted by Crippen LogP contribution is -2.46. The van der Waals surface area contributed by atoms with Crippen molar-refractivity contribution in [2.75, 3.05) is 17.4 Å². The third kappa shape index (κ3) is 3.92. The minimum atomic E-state index is -4.33. The van der Waals surface area contributed by atoms with Crippen molar-refractivity contribution < 1.29 is 21.6 Å². The van der Waals surface area contributed by atoms with Gasteiger partial charge in [-0.2, -0.15) is 0 Å². The number of hydrogen-bond donors (Lipinski definition) is 0. The van der Waals surface area contributed by atoms with E-state index in [1.807, 2.05) is 0 Å². The third-order valence-corrected chi connectivity index (χ3v) is 6.12. The highest BCUT2D eigenvalue weighted by Gasteiger charge is 2.37. The summed E-state index contributed by atoms with van der Waals surface area (Å²) in [6, 6.07) is 15.2. The molecule has 9 heteroatoms. The van der Waals surface area contributed by atoms with Crippen LogP contribution in [0.1, 0.15) is 0 Å². The molecule has 0 saturated carbocycles. The predicted octanol–water partition coefficient (Wildman–Crippen LogP) is 2.17. The number of anilines is 2. The van der Waals surface area contributed by atoms with Crippen LogP contribution in [0.15, 0.2) is 60.7 Å². The molecule has 0 spiro atoms. The number of para-hydroxylation sites is 2. The van der Waals surface area contributed by atoms with Gasteiger partial charge in [0.25, 0.3) is 0 Å². The van der Waals surface area contributed by atoms with Crippen molar-refractivity contribution in [3.8, 4) is 0 Å². The van der Waals surface area contributed by atoms with Gasteiger partial charge >= 0.3 is 6.03 Å². The van der Waals surface area contributed by atoms with E-state index in [4.69, 9.17) is 0 Å². The lowest BCUT2D eigenvalue weighted by atomic mass is 10.2. The van der Waals surface area contributed by atoms with E-state index in [1.165, 1.54) is 0 Å². The maximum Gasteiger partial charge on any atom is 0.357 e. The standard InChI is InChI=1S/C15H16N2O5S2/c1-23(19,20)17(24(2,21)22)15(18)16(13-9-5-3-6-10-13)14-11-7-4-8-12-14/h3-12H,1-2H3. The van der Waals surface area contributed by atoms with Crippen LogP contribution in [0, 0.1) is 0 Å². The Hall–Kier alpha value is -2.39. The second kappa shape index (κ2) is 6.62. The molecule has 24 heavy (non-hydrogen) atoms. The number of urea groups is 1. The van der Waals surface area contributed by atoms with Gasteiger partial charge in [-0.25, -0.2) is 21.6 Å². The van der Waals surface area contributed by atoms with Gasteiger partial charge < -0.3 is 0 Å². The summed E-state index contributed by atoms with van der Waals surface area (Å²) < 4.78 is 47.4. The van der Waals surface area contributed by atoms with Crippen LogP contribution in [0.4, 0.5) is 16.2 Å². The maximum absolute atomic E-state index is 12.8. The largest absolute Gasteiger partial charge is 0.357 e. The van der Waals surface area contributed by atoms with Crippen LogP contribution in [-0.4, -0.2) is 39.1 Å². The van der Waals surface area contributed by atoms with Gasteiger partial charge in [0.15, 0.2) is 0 Å². The topological polar surface area (TPSA) is 91.8 Å². The van der Waals surface area contributed by atoms with Crippen LogP contribution >= 0.6 is 0 Å². The molecule has 0 radical (unpaired) electrons. The SMILES string of the molecule is CS(=O)(=O)N(C(=O)N(c1ccccc1)c1ccccc1)S(C)(=O)=O. The van der Waals surface area contributed by atoms with Crippen LogP contribution in [-0.2, 0) is 20.0 Å². The fourth-order valence-corrected chi connectivity index (χ4v) is 4.83. The maximum atomic E-state index is 12.8. The molecular weight excluding hydrogens is 352 g/mol. The van der Waals surface area contributed by atoms with Gasteiger partial charge in [0.1, 0.15) is 0 Å². The van der Waals surface area contributed by atoms with Crippen molar-refractivity contribution in [2.24, 2.45) is 0 Å². The first-order chi connectivity index (χ1) is 11.1. The molecule has 0 aliphatic heterocycles. The highest BCUT2D eigenvalue weighted by Crippen LogP contribution is 2.28. The number of nitrogens with zero attached hydrogens (tertiary/aromatic N) is 2. The summed E-state index contributed by atoms with van der Waals surface area (Å²) in [6.45, 7) is 0. The van der Waals surface area contributed by atoms with Crippen molar-refractivity contribution >= 4 is 37.5 Å². The highest BCUT2D eigenvalue weighted by molar-refractivity contribution is 8.04. The Morgan fingerprint density at radius 3 is 1.33 bits per heavy atom. The van der Waals surface area contributed by atoms with Gasteiger partial charge in [-0.1, -0.05) is 36.4 Å². The van der Waals surface area contributed by atoms with Crippen LogP contribution in [0.5, 0.6) is 0 Å². The number of hydrogen-bond acceptors (Lipinski definition) is 5. The lowest BCUT2D eigenvalue weighted by molar-refractivity contribution is 0.243. The van der Waals surface area contributed by atoms with E-state index in [-0.39, 0.29) is 3.71 Å². The van der Waals surface area contributed by atoms with Gasteiger partial charge in [0, 0.05) is 0 Å². The summed E-state index contributed by atoms with van der Waals surface area (Å²) in [5.41, 5.74) is 0.678. The summed E-state index contributed by atoms with van der Waals surface area (Å²) in [5, 5.41) is 0. The lowest BCUT2D eigenvalue weighted by Gasteiger charge is -2.28. The molecule has 7 nitrogen and oxygen atoms in total. The van der Waals surface area contributed by atoms with Crippen LogP contribution < -0.4 is 4.90 Å². The van der Waals surface area contributed by atoms with Crippen molar-refractivity contribution in [2.45, 2.75) is 0 Å². The Kier molecular flexibility index (Phi) is 4.95. The zero-order valence-corrected chi connectivity index (χ0v) is 14.7. The average Bonchev–Trinajstić information content (AvgIpc) is 2.46. The van der Waals surface area contributed by atoms with Crippen LogP contribution in [0.25, 0.3) is 0 Å². The second-order valence-corrected chi connectivity index (χ2v) is 8.91. The molecule has 0 fully saturated rings. The zero-order chi connectivity index (χ0) is 18.0. The molecule has 0 atom stereocenters. The number of rotatable bonds is 4. The number of amides is 2. The summed E-state index contributed by atoms with van der Waals surface area (Å²) in [6.07, 6.45) is 1.33. The Bertz CT molecular complexity index is 855. The Labute approximate surface area is 141 Å². The monoisotopic (exact) mass is 368 g/mol. The van der Waals surface area contributed by atoms with Crippen molar-refractivity contribution in [3.05, 3.63) is 60.7 Å². The number of carbonyl (C=O) groups is 1. The van der Waals surface area contributed by atoms with E-state index in [0.29, 0.717) is 23.9 Å². The molecule has 0 heterocycles. The Morgan fingerprint density at radius 1 is 0.708 bits per heavy atom. The fraction of sp³-hybridized carbons (Fsp3) is 0.133. The molecule has 0 saturated heterocycles. The molecule has 2 aromatic rings. The van der Waals surface area contributed by atoms with E-state index in [9.17, 15) is 21.6 Å². The predicted molar refractivity (Wildman–Crippen MR) is 91.9 cm³/mol. The molecule has 0 aliphatic rings. The number of benzene rings is 2. The quantitative estimate of drug-likeness (QED) is 0.825. The van der Waals surface area contributed by atoms with Gasteiger partial charge in [0.2, 0.25) is 20.0 Å². The summed E-state index contributed by atoms with van der Waals surface area (Å²) in [7, 11) is -8.66. The summed E-state index contributed by atoms with van der Waals surface area (Å²) >= 11 is 0. The van der Waals surface area contributed by atoms with Crippen molar-refractivity contribution in [3.63, 3.8) is 0 Å². The molecule has 0 N–H and O–H groups in total. The summed E-state index contributed by atoms with van der Waals surface area (Å²) in [4.78, 5) is 13.9. The minimum absolute atomic E-state index is 0.111.